The van der Waals surface area contributed by atoms with Crippen molar-refractivity contribution in [2.75, 3.05) is 33.7 Å². The second-order valence-corrected chi connectivity index (χ2v) is 5.58. The standard InChI is InChI=1S/C15H22N4O2.ClH/c1-10-9-16-7-8-19(10)14(20)12-5-6-13(17-11(12)2)15(21)18(3)4;/h5-6,10,16H,7-9H2,1-4H3;1H/t10-;/m1./s1. The predicted octanol–water partition coefficient (Wildman–Crippen LogP) is 0.948. The van der Waals surface area contributed by atoms with E-state index in [1.807, 2.05) is 11.8 Å². The number of rotatable bonds is 2. The van der Waals surface area contributed by atoms with Gasteiger partial charge in [-0.1, -0.05) is 0 Å². The highest BCUT2D eigenvalue weighted by molar-refractivity contribution is 5.97. The van der Waals surface area contributed by atoms with Gasteiger partial charge in [0, 0.05) is 39.8 Å². The van der Waals surface area contributed by atoms with E-state index in [9.17, 15) is 9.59 Å². The normalized spacial score (nSPS) is 17.6. The Labute approximate surface area is 137 Å². The summed E-state index contributed by atoms with van der Waals surface area (Å²) in [6.07, 6.45) is 0. The molecule has 2 rings (SSSR count). The third kappa shape index (κ3) is 3.75. The van der Waals surface area contributed by atoms with Crippen molar-refractivity contribution in [1.82, 2.24) is 20.1 Å². The molecule has 0 aliphatic carbocycles. The first-order valence-electron chi connectivity index (χ1n) is 7.12. The summed E-state index contributed by atoms with van der Waals surface area (Å²) >= 11 is 0. The van der Waals surface area contributed by atoms with E-state index in [0.29, 0.717) is 23.5 Å². The van der Waals surface area contributed by atoms with Crippen molar-refractivity contribution >= 4 is 24.2 Å². The summed E-state index contributed by atoms with van der Waals surface area (Å²) < 4.78 is 0. The molecule has 1 N–H and O–H groups in total. The van der Waals surface area contributed by atoms with Crippen molar-refractivity contribution in [2.24, 2.45) is 0 Å². The highest BCUT2D eigenvalue weighted by atomic mass is 35.5. The van der Waals surface area contributed by atoms with Gasteiger partial charge in [0.05, 0.1) is 11.3 Å². The van der Waals surface area contributed by atoms with Crippen LogP contribution in [0.1, 0.15) is 33.5 Å². The largest absolute Gasteiger partial charge is 0.343 e. The number of carbonyl (C=O) groups is 2. The van der Waals surface area contributed by atoms with E-state index < -0.39 is 0 Å². The number of amides is 2. The summed E-state index contributed by atoms with van der Waals surface area (Å²) in [6, 6.07) is 3.49. The zero-order valence-corrected chi connectivity index (χ0v) is 14.2. The summed E-state index contributed by atoms with van der Waals surface area (Å²) in [6.45, 7) is 6.09. The Hall–Kier alpha value is -1.66. The van der Waals surface area contributed by atoms with Crippen molar-refractivity contribution in [3.8, 4) is 0 Å². The van der Waals surface area contributed by atoms with Gasteiger partial charge in [-0.05, 0) is 26.0 Å². The van der Waals surface area contributed by atoms with Gasteiger partial charge in [-0.15, -0.1) is 12.4 Å². The van der Waals surface area contributed by atoms with Crippen LogP contribution < -0.4 is 5.32 Å². The summed E-state index contributed by atoms with van der Waals surface area (Å²) in [7, 11) is 3.36. The average Bonchev–Trinajstić information content (AvgIpc) is 2.46. The SMILES string of the molecule is Cc1nc(C(=O)N(C)C)ccc1C(=O)N1CCNC[C@H]1C.Cl. The maximum absolute atomic E-state index is 12.6. The third-order valence-electron chi connectivity index (χ3n) is 3.70. The molecule has 6 nitrogen and oxygen atoms in total. The zero-order chi connectivity index (χ0) is 15.6. The molecule has 122 valence electrons. The van der Waals surface area contributed by atoms with Gasteiger partial charge in [0.25, 0.3) is 11.8 Å². The monoisotopic (exact) mass is 326 g/mol. The van der Waals surface area contributed by atoms with Crippen LogP contribution >= 0.6 is 12.4 Å². The minimum Gasteiger partial charge on any atom is -0.343 e. The second kappa shape index (κ2) is 7.56. The second-order valence-electron chi connectivity index (χ2n) is 5.58. The quantitative estimate of drug-likeness (QED) is 0.878. The highest BCUT2D eigenvalue weighted by Crippen LogP contribution is 2.14. The molecule has 1 saturated heterocycles. The average molecular weight is 327 g/mol. The molecule has 1 aliphatic heterocycles. The Morgan fingerprint density at radius 3 is 2.59 bits per heavy atom. The Kier molecular flexibility index (Phi) is 6.32. The molecule has 0 spiro atoms. The maximum atomic E-state index is 12.6. The van der Waals surface area contributed by atoms with Gasteiger partial charge in [-0.25, -0.2) is 4.98 Å². The van der Waals surface area contributed by atoms with Crippen molar-refractivity contribution in [3.63, 3.8) is 0 Å². The Morgan fingerprint density at radius 2 is 2.05 bits per heavy atom. The van der Waals surface area contributed by atoms with Gasteiger partial charge in [-0.3, -0.25) is 9.59 Å². The Balaban J connectivity index is 0.00000242. The minimum atomic E-state index is -0.160. The van der Waals surface area contributed by atoms with Crippen LogP contribution in [0.25, 0.3) is 0 Å². The van der Waals surface area contributed by atoms with Crippen LogP contribution in [-0.2, 0) is 0 Å². The van der Waals surface area contributed by atoms with Crippen LogP contribution in [0.2, 0.25) is 0 Å². The fourth-order valence-corrected chi connectivity index (χ4v) is 2.43. The zero-order valence-electron chi connectivity index (χ0n) is 13.4. The number of hydrogen-bond acceptors (Lipinski definition) is 4. The topological polar surface area (TPSA) is 65.5 Å². The van der Waals surface area contributed by atoms with Crippen molar-refractivity contribution in [2.45, 2.75) is 19.9 Å². The molecule has 1 fully saturated rings. The number of carbonyl (C=O) groups excluding carboxylic acids is 2. The number of hydrogen-bond donors (Lipinski definition) is 1. The first-order valence-corrected chi connectivity index (χ1v) is 7.12. The molecule has 0 saturated carbocycles. The molecule has 2 heterocycles. The van der Waals surface area contributed by atoms with Crippen LogP contribution in [0.4, 0.5) is 0 Å². The Morgan fingerprint density at radius 1 is 1.36 bits per heavy atom. The van der Waals surface area contributed by atoms with E-state index in [-0.39, 0.29) is 30.3 Å². The van der Waals surface area contributed by atoms with Crippen LogP contribution in [0.3, 0.4) is 0 Å². The van der Waals surface area contributed by atoms with E-state index in [0.717, 1.165) is 13.1 Å². The first kappa shape index (κ1) is 18.4. The fourth-order valence-electron chi connectivity index (χ4n) is 2.43. The van der Waals surface area contributed by atoms with Gasteiger partial charge in [0.1, 0.15) is 5.69 Å². The minimum absolute atomic E-state index is 0. The molecule has 1 aliphatic rings. The lowest BCUT2D eigenvalue weighted by molar-refractivity contribution is 0.0653. The number of halogens is 1. The van der Waals surface area contributed by atoms with E-state index in [1.165, 1.54) is 4.90 Å². The number of pyridine rings is 1. The molecule has 7 heteroatoms. The van der Waals surface area contributed by atoms with Crippen LogP contribution in [0.5, 0.6) is 0 Å². The first-order chi connectivity index (χ1) is 9.91. The van der Waals surface area contributed by atoms with Crippen molar-refractivity contribution in [1.29, 1.82) is 0 Å². The molecule has 2 amide bonds. The fraction of sp³-hybridized carbons (Fsp3) is 0.533. The third-order valence-corrected chi connectivity index (χ3v) is 3.70. The van der Waals surface area contributed by atoms with E-state index in [4.69, 9.17) is 0 Å². The Bertz CT molecular complexity index is 562. The van der Waals surface area contributed by atoms with Gasteiger partial charge >= 0.3 is 0 Å². The molecule has 22 heavy (non-hydrogen) atoms. The smallest absolute Gasteiger partial charge is 0.271 e. The molecule has 0 unspecified atom stereocenters. The molecule has 1 atom stereocenters. The van der Waals surface area contributed by atoms with E-state index >= 15 is 0 Å². The summed E-state index contributed by atoms with van der Waals surface area (Å²) in [4.78, 5) is 32.1. The molecular weight excluding hydrogens is 304 g/mol. The molecule has 0 bridgehead atoms. The predicted molar refractivity (Wildman–Crippen MR) is 87.6 cm³/mol. The number of piperazine rings is 1. The summed E-state index contributed by atoms with van der Waals surface area (Å²) in [5.41, 5.74) is 1.53. The number of aryl methyl sites for hydroxylation is 1. The van der Waals surface area contributed by atoms with Gasteiger partial charge in [0.2, 0.25) is 0 Å². The highest BCUT2D eigenvalue weighted by Gasteiger charge is 2.25. The van der Waals surface area contributed by atoms with Gasteiger partial charge < -0.3 is 15.1 Å². The molecule has 1 aromatic rings. The lowest BCUT2D eigenvalue weighted by Crippen LogP contribution is -2.52. The molecule has 0 aromatic carbocycles. The van der Waals surface area contributed by atoms with Crippen molar-refractivity contribution < 1.29 is 9.59 Å². The van der Waals surface area contributed by atoms with E-state index in [2.05, 4.69) is 10.3 Å². The van der Waals surface area contributed by atoms with Crippen LogP contribution in [0.15, 0.2) is 12.1 Å². The summed E-state index contributed by atoms with van der Waals surface area (Å²) in [5.74, 6) is -0.175. The molecular formula is C15H23ClN4O2. The van der Waals surface area contributed by atoms with E-state index in [1.54, 1.807) is 33.2 Å². The number of aromatic nitrogens is 1. The van der Waals surface area contributed by atoms with Gasteiger partial charge in [0.15, 0.2) is 0 Å². The maximum Gasteiger partial charge on any atom is 0.271 e. The van der Waals surface area contributed by atoms with Crippen molar-refractivity contribution in [3.05, 3.63) is 29.1 Å². The molecule has 1 aromatic heterocycles. The van der Waals surface area contributed by atoms with Gasteiger partial charge in [-0.2, -0.15) is 0 Å². The van der Waals surface area contributed by atoms with Crippen LogP contribution in [0, 0.1) is 6.92 Å². The number of nitrogens with zero attached hydrogens (tertiary/aromatic N) is 3. The lowest BCUT2D eigenvalue weighted by Gasteiger charge is -2.34. The number of nitrogens with one attached hydrogen (secondary N) is 1. The van der Waals surface area contributed by atoms with Crippen LogP contribution in [-0.4, -0.2) is 66.4 Å². The lowest BCUT2D eigenvalue weighted by atomic mass is 10.1. The summed E-state index contributed by atoms with van der Waals surface area (Å²) in [5, 5.41) is 3.26. The molecule has 0 radical (unpaired) electrons.